The number of halogens is 1. The van der Waals surface area contributed by atoms with Gasteiger partial charge in [0.25, 0.3) is 0 Å². The molecule has 1 aliphatic carbocycles. The number of hydrogen-bond donors (Lipinski definition) is 2. The van der Waals surface area contributed by atoms with Crippen molar-refractivity contribution in [1.29, 1.82) is 0 Å². The number of rotatable bonds is 3. The van der Waals surface area contributed by atoms with Crippen LogP contribution in [0.5, 0.6) is 0 Å². The molecular formula is C12H11BrO4. The fourth-order valence-corrected chi connectivity index (χ4v) is 2.59. The van der Waals surface area contributed by atoms with Gasteiger partial charge in [0, 0.05) is 4.47 Å². The average Bonchev–Trinajstić information content (AvgIpc) is 2.14. The van der Waals surface area contributed by atoms with Gasteiger partial charge in [0.05, 0.1) is 11.0 Å². The molecule has 1 saturated carbocycles. The zero-order valence-electron chi connectivity index (χ0n) is 8.94. The van der Waals surface area contributed by atoms with Gasteiger partial charge in [-0.1, -0.05) is 22.4 Å². The summed E-state index contributed by atoms with van der Waals surface area (Å²) in [4.78, 5) is 22.5. The molecule has 90 valence electrons. The maximum absolute atomic E-state index is 11.4. The third-order valence-corrected chi connectivity index (χ3v) is 3.84. The summed E-state index contributed by atoms with van der Waals surface area (Å²) in [7, 11) is 0. The lowest BCUT2D eigenvalue weighted by molar-refractivity contribution is -0.147. The first kappa shape index (κ1) is 12.1. The van der Waals surface area contributed by atoms with Crippen molar-refractivity contribution in [2.45, 2.75) is 24.7 Å². The maximum atomic E-state index is 11.4. The maximum Gasteiger partial charge on any atom is 0.336 e. The normalized spacial score (nSPS) is 17.2. The van der Waals surface area contributed by atoms with Gasteiger partial charge in [-0.05, 0) is 36.6 Å². The van der Waals surface area contributed by atoms with Crippen molar-refractivity contribution in [3.8, 4) is 0 Å². The Bertz CT molecular complexity index is 491. The fourth-order valence-electron chi connectivity index (χ4n) is 2.23. The second-order valence-electron chi connectivity index (χ2n) is 4.24. The van der Waals surface area contributed by atoms with E-state index in [0.717, 1.165) is 6.42 Å². The van der Waals surface area contributed by atoms with E-state index in [-0.39, 0.29) is 5.56 Å². The van der Waals surface area contributed by atoms with Crippen LogP contribution in [0.1, 0.15) is 35.2 Å². The molecule has 0 aromatic heterocycles. The molecule has 1 aliphatic rings. The molecule has 0 heterocycles. The van der Waals surface area contributed by atoms with Crippen LogP contribution < -0.4 is 0 Å². The van der Waals surface area contributed by atoms with E-state index in [4.69, 9.17) is 5.11 Å². The topological polar surface area (TPSA) is 74.6 Å². The number of carboxylic acids is 2. The molecule has 4 nitrogen and oxygen atoms in total. The first-order valence-electron chi connectivity index (χ1n) is 5.24. The van der Waals surface area contributed by atoms with Crippen molar-refractivity contribution in [2.24, 2.45) is 0 Å². The van der Waals surface area contributed by atoms with E-state index >= 15 is 0 Å². The summed E-state index contributed by atoms with van der Waals surface area (Å²) < 4.78 is 0.699. The van der Waals surface area contributed by atoms with Crippen LogP contribution in [0.25, 0.3) is 0 Å². The van der Waals surface area contributed by atoms with E-state index in [1.165, 1.54) is 6.07 Å². The molecule has 0 radical (unpaired) electrons. The Morgan fingerprint density at radius 3 is 2.29 bits per heavy atom. The van der Waals surface area contributed by atoms with Crippen LogP contribution in [0, 0.1) is 0 Å². The summed E-state index contributed by atoms with van der Waals surface area (Å²) >= 11 is 3.25. The Morgan fingerprint density at radius 2 is 1.88 bits per heavy atom. The van der Waals surface area contributed by atoms with Gasteiger partial charge >= 0.3 is 11.9 Å². The third kappa shape index (κ3) is 1.84. The number of carbonyl (C=O) groups is 2. The molecule has 0 spiro atoms. The predicted octanol–water partition coefficient (Wildman–Crippen LogP) is 2.65. The average molecular weight is 299 g/mol. The summed E-state index contributed by atoms with van der Waals surface area (Å²) in [6, 6.07) is 4.67. The molecule has 0 bridgehead atoms. The monoisotopic (exact) mass is 298 g/mol. The van der Waals surface area contributed by atoms with Crippen molar-refractivity contribution < 1.29 is 19.8 Å². The minimum Gasteiger partial charge on any atom is -0.481 e. The van der Waals surface area contributed by atoms with Crippen LogP contribution in [-0.2, 0) is 10.2 Å². The van der Waals surface area contributed by atoms with E-state index in [9.17, 15) is 14.7 Å². The number of carboxylic acid groups (broad SMARTS) is 2. The number of aromatic carboxylic acids is 1. The predicted molar refractivity (Wildman–Crippen MR) is 64.3 cm³/mol. The van der Waals surface area contributed by atoms with Crippen molar-refractivity contribution >= 4 is 27.9 Å². The Balaban J connectivity index is 2.60. The molecule has 0 aliphatic heterocycles. The van der Waals surface area contributed by atoms with Crippen LogP contribution in [-0.4, -0.2) is 22.2 Å². The van der Waals surface area contributed by atoms with Gasteiger partial charge < -0.3 is 10.2 Å². The molecule has 0 atom stereocenters. The third-order valence-electron chi connectivity index (χ3n) is 3.34. The number of aliphatic carboxylic acids is 1. The highest BCUT2D eigenvalue weighted by atomic mass is 79.9. The highest BCUT2D eigenvalue weighted by molar-refractivity contribution is 9.10. The molecule has 1 fully saturated rings. The Kier molecular flexibility index (Phi) is 2.95. The van der Waals surface area contributed by atoms with Crippen LogP contribution in [0.4, 0.5) is 0 Å². The summed E-state index contributed by atoms with van der Waals surface area (Å²) in [5.74, 6) is -2.02. The largest absolute Gasteiger partial charge is 0.481 e. The molecule has 0 unspecified atom stereocenters. The lowest BCUT2D eigenvalue weighted by Crippen LogP contribution is -2.43. The zero-order chi connectivity index (χ0) is 12.6. The number of hydrogen-bond acceptors (Lipinski definition) is 2. The molecule has 1 aromatic carbocycles. The van der Waals surface area contributed by atoms with E-state index < -0.39 is 17.4 Å². The quantitative estimate of drug-likeness (QED) is 0.899. The van der Waals surface area contributed by atoms with E-state index in [1.807, 2.05) is 0 Å². The van der Waals surface area contributed by atoms with Crippen LogP contribution >= 0.6 is 15.9 Å². The van der Waals surface area contributed by atoms with Gasteiger partial charge in [-0.3, -0.25) is 4.79 Å². The first-order chi connectivity index (χ1) is 7.97. The van der Waals surface area contributed by atoms with Crippen LogP contribution in [0.2, 0.25) is 0 Å². The zero-order valence-corrected chi connectivity index (χ0v) is 10.5. The van der Waals surface area contributed by atoms with Crippen molar-refractivity contribution in [2.75, 3.05) is 0 Å². The molecule has 0 amide bonds. The van der Waals surface area contributed by atoms with E-state index in [1.54, 1.807) is 12.1 Å². The Labute approximate surface area is 106 Å². The molecule has 5 heteroatoms. The summed E-state index contributed by atoms with van der Waals surface area (Å²) in [5, 5.41) is 18.4. The lowest BCUT2D eigenvalue weighted by atomic mass is 9.63. The van der Waals surface area contributed by atoms with Crippen LogP contribution in [0.15, 0.2) is 22.7 Å². The second kappa shape index (κ2) is 4.14. The highest BCUT2D eigenvalue weighted by Crippen LogP contribution is 2.45. The second-order valence-corrected chi connectivity index (χ2v) is 5.15. The first-order valence-corrected chi connectivity index (χ1v) is 6.03. The fraction of sp³-hybridized carbons (Fsp3) is 0.333. The molecule has 0 saturated heterocycles. The molecule has 2 N–H and O–H groups in total. The Hall–Kier alpha value is -1.36. The van der Waals surface area contributed by atoms with Crippen molar-refractivity contribution in [1.82, 2.24) is 0 Å². The van der Waals surface area contributed by atoms with Crippen molar-refractivity contribution in [3.63, 3.8) is 0 Å². The van der Waals surface area contributed by atoms with Gasteiger partial charge in [-0.25, -0.2) is 4.79 Å². The van der Waals surface area contributed by atoms with Gasteiger partial charge in [0.1, 0.15) is 0 Å². The van der Waals surface area contributed by atoms with Crippen LogP contribution in [0.3, 0.4) is 0 Å². The van der Waals surface area contributed by atoms with Gasteiger partial charge in [-0.15, -0.1) is 0 Å². The SMILES string of the molecule is O=C(O)c1ccc(Br)cc1C1(C(=O)O)CCC1. The van der Waals surface area contributed by atoms with Crippen molar-refractivity contribution in [3.05, 3.63) is 33.8 Å². The molecule has 2 rings (SSSR count). The lowest BCUT2D eigenvalue weighted by Gasteiger charge is -2.38. The van der Waals surface area contributed by atoms with Gasteiger partial charge in [0.15, 0.2) is 0 Å². The minimum atomic E-state index is -1.08. The molecule has 1 aromatic rings. The summed E-state index contributed by atoms with van der Waals surface area (Å²) in [5.41, 5.74) is -0.536. The summed E-state index contributed by atoms with van der Waals surface area (Å²) in [6.07, 6.45) is 1.82. The minimum absolute atomic E-state index is 0.0790. The van der Waals surface area contributed by atoms with Gasteiger partial charge in [-0.2, -0.15) is 0 Å². The van der Waals surface area contributed by atoms with E-state index in [2.05, 4.69) is 15.9 Å². The van der Waals surface area contributed by atoms with Gasteiger partial charge in [0.2, 0.25) is 0 Å². The molecular weight excluding hydrogens is 288 g/mol. The highest BCUT2D eigenvalue weighted by Gasteiger charge is 2.47. The number of benzene rings is 1. The standard InChI is InChI=1S/C12H11BrO4/c13-7-2-3-8(10(14)15)9(6-7)12(11(16)17)4-1-5-12/h2-3,6H,1,4-5H2,(H,14,15)(H,16,17). The Morgan fingerprint density at radius 1 is 1.24 bits per heavy atom. The smallest absolute Gasteiger partial charge is 0.336 e. The summed E-state index contributed by atoms with van der Waals surface area (Å²) in [6.45, 7) is 0. The van der Waals surface area contributed by atoms with E-state index in [0.29, 0.717) is 22.9 Å². The molecule has 17 heavy (non-hydrogen) atoms.